The molecule has 0 bridgehead atoms. The summed E-state index contributed by atoms with van der Waals surface area (Å²) in [7, 11) is 0. The number of nitrogens with two attached hydrogens (primary N) is 1. The lowest BCUT2D eigenvalue weighted by Crippen LogP contribution is -2.53. The molecule has 2 aromatic rings. The average molecular weight is 479 g/mol. The molecule has 2 heterocycles. The highest BCUT2D eigenvalue weighted by Gasteiger charge is 2.42. The van der Waals surface area contributed by atoms with Crippen LogP contribution in [-0.4, -0.2) is 51.5 Å². The number of likely N-dealkylation sites (tertiary alicyclic amines) is 1. The topological polar surface area (TPSA) is 109 Å². The lowest BCUT2D eigenvalue weighted by molar-refractivity contribution is -0.140. The van der Waals surface area contributed by atoms with Crippen LogP contribution in [0, 0.1) is 12.8 Å². The first-order chi connectivity index (χ1) is 14.9. The van der Waals surface area contributed by atoms with Crippen molar-refractivity contribution in [2.45, 2.75) is 63.8 Å². The highest BCUT2D eigenvalue weighted by atomic mass is 35.5. The number of hydrogen-bond acceptors (Lipinski definition) is 6. The summed E-state index contributed by atoms with van der Waals surface area (Å²) < 4.78 is 0. The maximum atomic E-state index is 13.0. The van der Waals surface area contributed by atoms with E-state index in [0.29, 0.717) is 6.54 Å². The Morgan fingerprint density at radius 2 is 1.97 bits per heavy atom. The lowest BCUT2D eigenvalue weighted by atomic mass is 9.97. The van der Waals surface area contributed by atoms with Crippen LogP contribution >= 0.6 is 23.7 Å². The van der Waals surface area contributed by atoms with Crippen LogP contribution in [0.2, 0.25) is 0 Å². The summed E-state index contributed by atoms with van der Waals surface area (Å²) in [6, 6.07) is 6.75. The number of nitrogens with one attached hydrogen (secondary N) is 1. The second kappa shape index (κ2) is 10.7. The summed E-state index contributed by atoms with van der Waals surface area (Å²) in [6.45, 7) is 2.52. The summed E-state index contributed by atoms with van der Waals surface area (Å²) in [5.74, 6) is -0.284. The van der Waals surface area contributed by atoms with Crippen molar-refractivity contribution >= 4 is 35.6 Å². The van der Waals surface area contributed by atoms with Crippen molar-refractivity contribution in [2.24, 2.45) is 11.7 Å². The predicted molar refractivity (Wildman–Crippen MR) is 127 cm³/mol. The van der Waals surface area contributed by atoms with Crippen molar-refractivity contribution in [3.05, 3.63) is 41.0 Å². The van der Waals surface area contributed by atoms with Crippen molar-refractivity contribution in [3.63, 3.8) is 0 Å². The van der Waals surface area contributed by atoms with Crippen LogP contribution in [-0.2, 0) is 16.1 Å². The molecule has 1 aliphatic carbocycles. The van der Waals surface area contributed by atoms with Gasteiger partial charge in [-0.3, -0.25) is 9.59 Å². The molecule has 1 saturated heterocycles. The average Bonchev–Trinajstić information content (AvgIpc) is 3.52. The van der Waals surface area contributed by atoms with E-state index in [9.17, 15) is 14.7 Å². The van der Waals surface area contributed by atoms with Crippen LogP contribution in [0.5, 0.6) is 0 Å². The zero-order valence-electron chi connectivity index (χ0n) is 18.2. The molecule has 1 aliphatic heterocycles. The maximum absolute atomic E-state index is 13.0. The normalized spacial score (nSPS) is 21.9. The van der Waals surface area contributed by atoms with Crippen molar-refractivity contribution < 1.29 is 14.7 Å². The first-order valence-electron chi connectivity index (χ1n) is 10.9. The van der Waals surface area contributed by atoms with Crippen molar-refractivity contribution in [2.75, 3.05) is 6.54 Å². The number of rotatable bonds is 6. The van der Waals surface area contributed by atoms with Crippen LogP contribution < -0.4 is 11.1 Å². The molecule has 4 N–H and O–H groups in total. The number of nitrogens with zero attached hydrogens (tertiary/aromatic N) is 2. The minimum Gasteiger partial charge on any atom is -0.391 e. The van der Waals surface area contributed by atoms with Gasteiger partial charge in [0.2, 0.25) is 11.8 Å². The maximum Gasteiger partial charge on any atom is 0.243 e. The summed E-state index contributed by atoms with van der Waals surface area (Å²) in [5, 5.41) is 13.1. The van der Waals surface area contributed by atoms with Crippen LogP contribution in [0.4, 0.5) is 0 Å². The smallest absolute Gasteiger partial charge is 0.243 e. The third-order valence-corrected chi connectivity index (χ3v) is 7.46. The van der Waals surface area contributed by atoms with E-state index >= 15 is 0 Å². The molecule has 2 fully saturated rings. The summed E-state index contributed by atoms with van der Waals surface area (Å²) in [5.41, 5.74) is 11.1. The fourth-order valence-corrected chi connectivity index (χ4v) is 5.49. The molecule has 9 heteroatoms. The zero-order chi connectivity index (χ0) is 22.0. The van der Waals surface area contributed by atoms with E-state index in [1.54, 1.807) is 11.3 Å². The minimum atomic E-state index is -0.697. The number of aliphatic hydroxyl groups is 1. The van der Waals surface area contributed by atoms with E-state index in [2.05, 4.69) is 10.3 Å². The van der Waals surface area contributed by atoms with Crippen molar-refractivity contribution in [1.29, 1.82) is 0 Å². The largest absolute Gasteiger partial charge is 0.391 e. The quantitative estimate of drug-likeness (QED) is 0.591. The molecule has 0 spiro atoms. The molecule has 7 nitrogen and oxygen atoms in total. The van der Waals surface area contributed by atoms with E-state index in [1.807, 2.05) is 36.7 Å². The number of halogens is 1. The van der Waals surface area contributed by atoms with Crippen molar-refractivity contribution in [3.8, 4) is 10.4 Å². The van der Waals surface area contributed by atoms with Gasteiger partial charge in [-0.05, 0) is 36.8 Å². The van der Waals surface area contributed by atoms with Gasteiger partial charge in [0.05, 0.1) is 28.2 Å². The Labute approximate surface area is 198 Å². The van der Waals surface area contributed by atoms with Gasteiger partial charge in [-0.15, -0.1) is 23.7 Å². The Morgan fingerprint density at radius 3 is 2.59 bits per heavy atom. The van der Waals surface area contributed by atoms with Gasteiger partial charge in [0, 0.05) is 19.5 Å². The number of thiazole rings is 1. The Balaban J connectivity index is 0.00000289. The highest BCUT2D eigenvalue weighted by Crippen LogP contribution is 2.30. The molecule has 4 rings (SSSR count). The third-order valence-electron chi connectivity index (χ3n) is 6.49. The van der Waals surface area contributed by atoms with Gasteiger partial charge < -0.3 is 21.1 Å². The number of β-amino-alcohol motifs (C(OH)–C–C–N with tert-alkyl or cyclic N) is 1. The molecular formula is C23H31ClN4O3S. The molecule has 2 amide bonds. The second-order valence-electron chi connectivity index (χ2n) is 8.65. The van der Waals surface area contributed by atoms with Gasteiger partial charge in [-0.25, -0.2) is 4.98 Å². The van der Waals surface area contributed by atoms with E-state index in [1.165, 1.54) is 4.90 Å². The second-order valence-corrected chi connectivity index (χ2v) is 9.50. The molecular weight excluding hydrogens is 448 g/mol. The number of carbonyl (C=O) groups is 2. The first kappa shape index (κ1) is 24.6. The SMILES string of the molecule is Cc1ncsc1-c1ccc(CNC(=O)[C@@H]2C[C@@H](O)CN2C(=O)[C@@H](N)C2CCCC2)cc1.Cl. The molecule has 1 aromatic heterocycles. The molecule has 2 aliphatic rings. The standard InChI is InChI=1S/C23H30N4O3S.ClH/c1-14-21(31-13-26-14)17-8-6-15(7-9-17)11-25-22(29)19-10-18(28)12-27(19)23(30)20(24)16-4-2-3-5-16;/h6-9,13,16,18-20,28H,2-5,10-12,24H2,1H3,(H,25,29);1H/t18-,19+,20+;/m1./s1. The van der Waals surface area contributed by atoms with Gasteiger partial charge in [0.25, 0.3) is 0 Å². The third kappa shape index (κ3) is 5.31. The molecule has 32 heavy (non-hydrogen) atoms. The minimum absolute atomic E-state index is 0. The van der Waals surface area contributed by atoms with E-state index in [0.717, 1.165) is 47.4 Å². The number of carbonyl (C=O) groups excluding carboxylic acids is 2. The van der Waals surface area contributed by atoms with E-state index in [4.69, 9.17) is 5.73 Å². The monoisotopic (exact) mass is 478 g/mol. The van der Waals surface area contributed by atoms with Crippen LogP contribution in [0.3, 0.4) is 0 Å². The molecule has 0 unspecified atom stereocenters. The Kier molecular flexibility index (Phi) is 8.27. The number of aliphatic hydroxyl groups excluding tert-OH is 1. The fourth-order valence-electron chi connectivity index (χ4n) is 4.68. The molecule has 0 radical (unpaired) electrons. The summed E-state index contributed by atoms with van der Waals surface area (Å²) >= 11 is 1.61. The Hall–Kier alpha value is -2.00. The zero-order valence-corrected chi connectivity index (χ0v) is 19.8. The Morgan fingerprint density at radius 1 is 1.28 bits per heavy atom. The summed E-state index contributed by atoms with van der Waals surface area (Å²) in [6.07, 6.45) is 3.66. The number of hydrogen-bond donors (Lipinski definition) is 3. The fraction of sp³-hybridized carbons (Fsp3) is 0.522. The van der Waals surface area contributed by atoms with Crippen molar-refractivity contribution in [1.82, 2.24) is 15.2 Å². The molecule has 3 atom stereocenters. The van der Waals surface area contributed by atoms with E-state index < -0.39 is 18.2 Å². The first-order valence-corrected chi connectivity index (χ1v) is 11.8. The number of amides is 2. The number of aryl methyl sites for hydroxylation is 1. The van der Waals surface area contributed by atoms with Gasteiger partial charge in [-0.1, -0.05) is 37.1 Å². The molecule has 1 saturated carbocycles. The number of benzene rings is 1. The summed E-state index contributed by atoms with van der Waals surface area (Å²) in [4.78, 5) is 32.7. The number of aromatic nitrogens is 1. The molecule has 1 aromatic carbocycles. The lowest BCUT2D eigenvalue weighted by Gasteiger charge is -2.28. The van der Waals surface area contributed by atoms with Gasteiger partial charge in [-0.2, -0.15) is 0 Å². The molecule has 174 valence electrons. The Bertz CT molecular complexity index is 930. The van der Waals surface area contributed by atoms with Gasteiger partial charge in [0.15, 0.2) is 0 Å². The van der Waals surface area contributed by atoms with Crippen LogP contribution in [0.15, 0.2) is 29.8 Å². The van der Waals surface area contributed by atoms with Gasteiger partial charge in [0.1, 0.15) is 6.04 Å². The highest BCUT2D eigenvalue weighted by molar-refractivity contribution is 7.13. The van der Waals surface area contributed by atoms with Gasteiger partial charge >= 0.3 is 0 Å². The van der Waals surface area contributed by atoms with Crippen LogP contribution in [0.1, 0.15) is 43.4 Å². The van der Waals surface area contributed by atoms with Crippen LogP contribution in [0.25, 0.3) is 10.4 Å². The van der Waals surface area contributed by atoms with E-state index in [-0.39, 0.29) is 43.1 Å². The predicted octanol–water partition coefficient (Wildman–Crippen LogP) is 2.64.